The Morgan fingerprint density at radius 2 is 2.13 bits per heavy atom. The van der Waals surface area contributed by atoms with Gasteiger partial charge in [-0.2, -0.15) is 0 Å². The summed E-state index contributed by atoms with van der Waals surface area (Å²) < 4.78 is 12.5. The lowest BCUT2D eigenvalue weighted by atomic mass is 9.97. The number of ether oxygens (including phenoxy) is 2. The number of pyridine rings is 1. The smallest absolute Gasteiger partial charge is 0.231 e. The van der Waals surface area contributed by atoms with Gasteiger partial charge in [-0.25, -0.2) is 0 Å². The summed E-state index contributed by atoms with van der Waals surface area (Å²) in [4.78, 5) is 15.0. The minimum atomic E-state index is -0.137. The van der Waals surface area contributed by atoms with Gasteiger partial charge in [0.2, 0.25) is 11.9 Å². The summed E-state index contributed by atoms with van der Waals surface area (Å²) in [5.74, 6) is 2.02. The van der Waals surface area contributed by atoms with Crippen LogP contribution in [-0.2, 0) is 11.3 Å². The molecule has 30 heavy (non-hydrogen) atoms. The average Bonchev–Trinajstić information content (AvgIpc) is 3.23. The predicted molar refractivity (Wildman–Crippen MR) is 114 cm³/mol. The molecule has 1 N–H and O–H groups in total. The lowest BCUT2D eigenvalue weighted by Crippen LogP contribution is -2.43. The first-order valence-electron chi connectivity index (χ1n) is 9.83. The number of piperidine rings is 1. The van der Waals surface area contributed by atoms with Gasteiger partial charge in [-0.1, -0.05) is 11.6 Å². The summed E-state index contributed by atoms with van der Waals surface area (Å²) in [6.45, 7) is 1.77. The number of methoxy groups -OCH3 is 2. The van der Waals surface area contributed by atoms with E-state index in [-0.39, 0.29) is 11.8 Å². The van der Waals surface area contributed by atoms with Crippen LogP contribution >= 0.6 is 11.6 Å². The van der Waals surface area contributed by atoms with Crippen LogP contribution in [0.1, 0.15) is 18.4 Å². The van der Waals surface area contributed by atoms with Crippen molar-refractivity contribution in [3.8, 4) is 11.5 Å². The van der Waals surface area contributed by atoms with E-state index >= 15 is 0 Å². The van der Waals surface area contributed by atoms with Crippen molar-refractivity contribution in [2.75, 3.05) is 32.2 Å². The molecular formula is C21H24ClN5O3. The maximum Gasteiger partial charge on any atom is 0.231 e. The van der Waals surface area contributed by atoms with Gasteiger partial charge in [0.25, 0.3) is 0 Å². The first-order valence-corrected chi connectivity index (χ1v) is 10.2. The number of anilines is 1. The molecule has 1 amide bonds. The zero-order chi connectivity index (χ0) is 21.1. The largest absolute Gasteiger partial charge is 0.497 e. The van der Waals surface area contributed by atoms with E-state index in [0.717, 1.165) is 30.7 Å². The maximum absolute atomic E-state index is 12.9. The van der Waals surface area contributed by atoms with Crippen molar-refractivity contribution >= 4 is 29.1 Å². The Labute approximate surface area is 179 Å². The molecule has 0 bridgehead atoms. The number of amides is 1. The number of fused-ring (bicyclic) bond motifs is 1. The van der Waals surface area contributed by atoms with E-state index in [1.165, 1.54) is 0 Å². The Morgan fingerprint density at radius 3 is 2.93 bits per heavy atom. The minimum absolute atomic E-state index is 0.0106. The third-order valence-corrected chi connectivity index (χ3v) is 5.68. The molecule has 2 aromatic heterocycles. The monoisotopic (exact) mass is 429 g/mol. The highest BCUT2D eigenvalue weighted by Gasteiger charge is 2.28. The number of aromatic nitrogens is 3. The van der Waals surface area contributed by atoms with Crippen LogP contribution in [0.25, 0.3) is 5.65 Å². The Morgan fingerprint density at radius 1 is 1.27 bits per heavy atom. The lowest BCUT2D eigenvalue weighted by molar-refractivity contribution is -0.125. The number of halogens is 1. The Balaban J connectivity index is 1.44. The summed E-state index contributed by atoms with van der Waals surface area (Å²) >= 11 is 6.21. The summed E-state index contributed by atoms with van der Waals surface area (Å²) in [6, 6.07) is 9.19. The summed E-state index contributed by atoms with van der Waals surface area (Å²) in [5.41, 5.74) is 1.49. The van der Waals surface area contributed by atoms with Crippen LogP contribution in [0.15, 0.2) is 36.5 Å². The quantitative estimate of drug-likeness (QED) is 0.648. The fraction of sp³-hybridized carbons (Fsp3) is 0.381. The molecule has 1 fully saturated rings. The fourth-order valence-electron chi connectivity index (χ4n) is 3.81. The van der Waals surface area contributed by atoms with Crippen LogP contribution in [0.4, 0.5) is 5.95 Å². The highest BCUT2D eigenvalue weighted by Crippen LogP contribution is 2.26. The van der Waals surface area contributed by atoms with Crippen LogP contribution in [0.2, 0.25) is 5.02 Å². The number of carbonyl (C=O) groups is 1. The number of hydrogen-bond donors (Lipinski definition) is 1. The van der Waals surface area contributed by atoms with Crippen molar-refractivity contribution < 1.29 is 14.3 Å². The van der Waals surface area contributed by atoms with Gasteiger partial charge in [0.05, 0.1) is 25.2 Å². The summed E-state index contributed by atoms with van der Waals surface area (Å²) in [5, 5.41) is 12.1. The molecule has 3 heterocycles. The Hall–Kier alpha value is -3.00. The first kappa shape index (κ1) is 20.3. The van der Waals surface area contributed by atoms with Crippen LogP contribution in [0.3, 0.4) is 0 Å². The fourth-order valence-corrected chi connectivity index (χ4v) is 4.01. The highest BCUT2D eigenvalue weighted by atomic mass is 35.5. The topological polar surface area (TPSA) is 81.0 Å². The van der Waals surface area contributed by atoms with Crippen LogP contribution in [0.5, 0.6) is 11.5 Å². The second kappa shape index (κ2) is 8.79. The summed E-state index contributed by atoms with van der Waals surface area (Å²) in [6.07, 6.45) is 3.61. The van der Waals surface area contributed by atoms with Crippen molar-refractivity contribution in [2.45, 2.75) is 19.4 Å². The van der Waals surface area contributed by atoms with E-state index in [4.69, 9.17) is 21.1 Å². The van der Waals surface area contributed by atoms with Gasteiger partial charge in [0, 0.05) is 31.4 Å². The molecule has 3 aromatic rings. The van der Waals surface area contributed by atoms with Crippen molar-refractivity contribution in [1.29, 1.82) is 0 Å². The molecule has 1 aliphatic heterocycles. The van der Waals surface area contributed by atoms with Gasteiger partial charge in [-0.15, -0.1) is 10.2 Å². The normalized spacial score (nSPS) is 16.5. The second-order valence-electron chi connectivity index (χ2n) is 7.23. The molecule has 1 atom stereocenters. The molecule has 158 valence electrons. The van der Waals surface area contributed by atoms with E-state index in [2.05, 4.69) is 20.4 Å². The third-order valence-electron chi connectivity index (χ3n) is 5.38. The molecule has 8 nitrogen and oxygen atoms in total. The van der Waals surface area contributed by atoms with Crippen LogP contribution in [0, 0.1) is 5.92 Å². The number of hydrogen-bond acceptors (Lipinski definition) is 6. The van der Waals surface area contributed by atoms with E-state index in [0.29, 0.717) is 35.5 Å². The molecule has 1 aliphatic rings. The summed E-state index contributed by atoms with van der Waals surface area (Å²) in [7, 11) is 3.23. The third kappa shape index (κ3) is 4.00. The molecule has 4 rings (SSSR count). The van der Waals surface area contributed by atoms with Gasteiger partial charge in [0.15, 0.2) is 5.65 Å². The zero-order valence-corrected chi connectivity index (χ0v) is 17.7. The molecule has 0 aliphatic carbocycles. The van der Waals surface area contributed by atoms with E-state index in [1.807, 2.05) is 34.9 Å². The molecule has 1 aromatic carbocycles. The number of benzene rings is 1. The molecule has 1 saturated heterocycles. The molecule has 0 radical (unpaired) electrons. The van der Waals surface area contributed by atoms with Crippen molar-refractivity contribution in [1.82, 2.24) is 19.9 Å². The highest BCUT2D eigenvalue weighted by molar-refractivity contribution is 6.33. The standard InChI is InChI=1S/C21H24ClN5O3/c1-29-16-7-8-18(30-2)15(11-16)12-23-20(28)14-5-3-9-26(13-14)21-25-24-19-17(22)6-4-10-27(19)21/h4,6-8,10-11,14H,3,5,9,12-13H2,1-2H3,(H,23,28)/t14-/m0/s1. The van der Waals surface area contributed by atoms with Gasteiger partial charge in [0.1, 0.15) is 11.5 Å². The van der Waals surface area contributed by atoms with Crippen molar-refractivity contribution in [3.63, 3.8) is 0 Å². The molecule has 0 unspecified atom stereocenters. The van der Waals surface area contributed by atoms with Crippen LogP contribution < -0.4 is 19.7 Å². The van der Waals surface area contributed by atoms with Crippen molar-refractivity contribution in [2.24, 2.45) is 5.92 Å². The molecule has 9 heteroatoms. The SMILES string of the molecule is COc1ccc(OC)c(CNC(=O)[C@H]2CCCN(c3nnc4c(Cl)cccn34)C2)c1. The van der Waals surface area contributed by atoms with E-state index in [1.54, 1.807) is 20.3 Å². The Bertz CT molecular complexity index is 1050. The Kier molecular flexibility index (Phi) is 5.94. The minimum Gasteiger partial charge on any atom is -0.497 e. The number of rotatable bonds is 6. The van der Waals surface area contributed by atoms with Crippen LogP contribution in [-0.4, -0.2) is 47.8 Å². The molecule has 0 saturated carbocycles. The number of nitrogens with zero attached hydrogens (tertiary/aromatic N) is 4. The van der Waals surface area contributed by atoms with Crippen molar-refractivity contribution in [3.05, 3.63) is 47.1 Å². The van der Waals surface area contributed by atoms with E-state index < -0.39 is 0 Å². The van der Waals surface area contributed by atoms with E-state index in [9.17, 15) is 4.79 Å². The van der Waals surface area contributed by atoms with Gasteiger partial charge in [-0.05, 0) is 43.2 Å². The number of nitrogens with one attached hydrogen (secondary N) is 1. The zero-order valence-electron chi connectivity index (χ0n) is 17.0. The first-order chi connectivity index (χ1) is 14.6. The second-order valence-corrected chi connectivity index (χ2v) is 7.64. The predicted octanol–water partition coefficient (Wildman–Crippen LogP) is 2.93. The molecular weight excluding hydrogens is 406 g/mol. The molecule has 0 spiro atoms. The van der Waals surface area contributed by atoms with Gasteiger partial charge >= 0.3 is 0 Å². The number of carbonyl (C=O) groups excluding carboxylic acids is 1. The lowest BCUT2D eigenvalue weighted by Gasteiger charge is -2.32. The maximum atomic E-state index is 12.9. The van der Waals surface area contributed by atoms with Gasteiger partial charge in [-0.3, -0.25) is 9.20 Å². The average molecular weight is 430 g/mol. The van der Waals surface area contributed by atoms with Gasteiger partial charge < -0.3 is 19.7 Å².